The van der Waals surface area contributed by atoms with Gasteiger partial charge in [-0.05, 0) is 17.7 Å². The highest BCUT2D eigenvalue weighted by Gasteiger charge is 2.13. The van der Waals surface area contributed by atoms with E-state index in [1.54, 1.807) is 6.07 Å². The van der Waals surface area contributed by atoms with Gasteiger partial charge < -0.3 is 5.73 Å². The van der Waals surface area contributed by atoms with Gasteiger partial charge >= 0.3 is 0 Å². The highest BCUT2D eigenvalue weighted by atomic mass is 35.5. The summed E-state index contributed by atoms with van der Waals surface area (Å²) in [5.41, 5.74) is 5.81. The number of H-pyrrole nitrogens is 1. The molecule has 0 aliphatic rings. The van der Waals surface area contributed by atoms with Gasteiger partial charge in [-0.15, -0.1) is 0 Å². The van der Waals surface area contributed by atoms with Crippen molar-refractivity contribution in [1.29, 1.82) is 0 Å². The van der Waals surface area contributed by atoms with E-state index < -0.39 is 9.84 Å². The van der Waals surface area contributed by atoms with Crippen molar-refractivity contribution in [3.05, 3.63) is 45.2 Å². The first-order valence-corrected chi connectivity index (χ1v) is 7.58. The number of aromatic nitrogens is 2. The third-order valence-corrected chi connectivity index (χ3v) is 4.12. The highest BCUT2D eigenvalue weighted by Crippen LogP contribution is 2.22. The normalized spacial score (nSPS) is 11.7. The van der Waals surface area contributed by atoms with Crippen molar-refractivity contribution < 1.29 is 8.42 Å². The third kappa shape index (κ3) is 2.99. The summed E-state index contributed by atoms with van der Waals surface area (Å²) in [4.78, 5) is 11.5. The number of rotatable bonds is 3. The van der Waals surface area contributed by atoms with Crippen molar-refractivity contribution in [2.45, 2.75) is 11.4 Å². The Morgan fingerprint density at radius 2 is 2.05 bits per heavy atom. The molecule has 2 aromatic rings. The number of nitrogens with one attached hydrogen (secondary N) is 1. The summed E-state index contributed by atoms with van der Waals surface area (Å²) in [6.45, 7) is 0.190. The second-order valence-electron chi connectivity index (χ2n) is 4.17. The average Bonchev–Trinajstić information content (AvgIpc) is 2.58. The second kappa shape index (κ2) is 4.75. The van der Waals surface area contributed by atoms with Gasteiger partial charge in [0.1, 0.15) is 5.82 Å². The summed E-state index contributed by atoms with van der Waals surface area (Å²) in [5.74, 6) is 0.252. The van der Waals surface area contributed by atoms with Crippen LogP contribution in [0.3, 0.4) is 0 Å². The minimum absolute atomic E-state index is 0.0410. The Kier molecular flexibility index (Phi) is 3.42. The number of aromatic amines is 1. The number of benzene rings is 1. The number of hydrogen-bond donors (Lipinski definition) is 2. The summed E-state index contributed by atoms with van der Waals surface area (Å²) in [6, 6.07) is 5.85. The van der Waals surface area contributed by atoms with Crippen molar-refractivity contribution in [1.82, 2.24) is 9.78 Å². The molecular weight excluding hydrogens is 290 g/mol. The van der Waals surface area contributed by atoms with Crippen LogP contribution in [0.2, 0.25) is 5.02 Å². The maximum absolute atomic E-state index is 11.5. The molecule has 0 aliphatic carbocycles. The SMILES string of the molecule is CS(=O)(=O)c1cc(Cn2[nH]c(N)cc2=O)ccc1Cl. The highest BCUT2D eigenvalue weighted by molar-refractivity contribution is 7.90. The van der Waals surface area contributed by atoms with Crippen molar-refractivity contribution in [2.75, 3.05) is 12.0 Å². The molecule has 0 amide bonds. The van der Waals surface area contributed by atoms with E-state index >= 15 is 0 Å². The fourth-order valence-electron chi connectivity index (χ4n) is 1.68. The number of nitrogen functional groups attached to an aromatic ring is 1. The average molecular weight is 302 g/mol. The molecule has 0 saturated carbocycles. The molecule has 2 rings (SSSR count). The molecule has 19 heavy (non-hydrogen) atoms. The maximum atomic E-state index is 11.5. The first-order valence-electron chi connectivity index (χ1n) is 5.31. The Balaban J connectivity index is 2.43. The zero-order valence-corrected chi connectivity index (χ0v) is 11.6. The van der Waals surface area contributed by atoms with Crippen LogP contribution in [-0.4, -0.2) is 24.5 Å². The number of hydrogen-bond acceptors (Lipinski definition) is 4. The van der Waals surface area contributed by atoms with Crippen molar-refractivity contribution in [3.63, 3.8) is 0 Å². The molecule has 0 bridgehead atoms. The number of nitrogens with two attached hydrogens (primary N) is 1. The van der Waals surface area contributed by atoms with Crippen molar-refractivity contribution >= 4 is 27.3 Å². The Labute approximate surface area is 114 Å². The van der Waals surface area contributed by atoms with E-state index in [2.05, 4.69) is 5.10 Å². The van der Waals surface area contributed by atoms with Gasteiger partial charge in [0, 0.05) is 12.3 Å². The standard InChI is InChI=1S/C11H12ClN3O3S/c1-19(17,18)9-4-7(2-3-8(9)12)6-15-11(16)5-10(13)14-15/h2-5,14H,6,13H2,1H3. The van der Waals surface area contributed by atoms with Crippen LogP contribution < -0.4 is 11.3 Å². The summed E-state index contributed by atoms with van der Waals surface area (Å²) in [6.07, 6.45) is 1.08. The van der Waals surface area contributed by atoms with Gasteiger partial charge in [-0.25, -0.2) is 13.1 Å². The Hall–Kier alpha value is -1.73. The van der Waals surface area contributed by atoms with Gasteiger partial charge in [0.05, 0.1) is 16.5 Å². The predicted octanol–water partition coefficient (Wildman–Crippen LogP) is 0.864. The van der Waals surface area contributed by atoms with Gasteiger partial charge in [0.2, 0.25) is 0 Å². The van der Waals surface area contributed by atoms with E-state index in [-0.39, 0.29) is 27.8 Å². The zero-order valence-electron chi connectivity index (χ0n) is 10.1. The molecule has 0 atom stereocenters. The molecule has 0 spiro atoms. The van der Waals surface area contributed by atoms with Crippen LogP contribution in [0.1, 0.15) is 5.56 Å². The molecule has 3 N–H and O–H groups in total. The fourth-order valence-corrected chi connectivity index (χ4v) is 3.01. The quantitative estimate of drug-likeness (QED) is 0.878. The molecule has 0 saturated heterocycles. The van der Waals surface area contributed by atoms with Crippen molar-refractivity contribution in [2.24, 2.45) is 0 Å². The third-order valence-electron chi connectivity index (χ3n) is 2.54. The number of anilines is 1. The minimum atomic E-state index is -3.41. The van der Waals surface area contributed by atoms with E-state index in [1.807, 2.05) is 0 Å². The Morgan fingerprint density at radius 1 is 1.37 bits per heavy atom. The Morgan fingerprint density at radius 3 is 2.58 bits per heavy atom. The van der Waals surface area contributed by atoms with Crippen LogP contribution in [0.25, 0.3) is 0 Å². The second-order valence-corrected chi connectivity index (χ2v) is 6.56. The molecule has 0 unspecified atom stereocenters. The van der Waals surface area contributed by atoms with Crippen LogP contribution in [0.4, 0.5) is 5.82 Å². The lowest BCUT2D eigenvalue weighted by atomic mass is 10.2. The molecule has 8 heteroatoms. The van der Waals surface area contributed by atoms with Gasteiger partial charge in [-0.2, -0.15) is 0 Å². The van der Waals surface area contributed by atoms with Crippen LogP contribution >= 0.6 is 11.6 Å². The number of sulfone groups is 1. The first-order chi connectivity index (χ1) is 8.77. The lowest BCUT2D eigenvalue weighted by Crippen LogP contribution is -2.16. The van der Waals surface area contributed by atoms with E-state index in [0.717, 1.165) is 6.26 Å². The monoisotopic (exact) mass is 301 g/mol. The molecule has 0 aliphatic heterocycles. The van der Waals surface area contributed by atoms with Gasteiger partial charge in [0.15, 0.2) is 9.84 Å². The van der Waals surface area contributed by atoms with Gasteiger partial charge in [-0.3, -0.25) is 9.89 Å². The number of halogens is 1. The van der Waals surface area contributed by atoms with E-state index in [9.17, 15) is 13.2 Å². The zero-order chi connectivity index (χ0) is 14.2. The van der Waals surface area contributed by atoms with Gasteiger partial charge in [0.25, 0.3) is 5.56 Å². The summed E-state index contributed by atoms with van der Waals surface area (Å²) >= 11 is 5.84. The molecule has 1 heterocycles. The summed E-state index contributed by atoms with van der Waals surface area (Å²) in [5, 5.41) is 2.82. The molecule has 102 valence electrons. The Bertz CT molecular complexity index is 777. The van der Waals surface area contributed by atoms with E-state index in [4.69, 9.17) is 17.3 Å². The van der Waals surface area contributed by atoms with Crippen LogP contribution in [0.15, 0.2) is 34.0 Å². The summed E-state index contributed by atoms with van der Waals surface area (Å²) < 4.78 is 24.4. The molecule has 6 nitrogen and oxygen atoms in total. The molecular formula is C11H12ClN3O3S. The predicted molar refractivity (Wildman–Crippen MR) is 73.1 cm³/mol. The van der Waals surface area contributed by atoms with E-state index in [1.165, 1.54) is 22.9 Å². The largest absolute Gasteiger partial charge is 0.384 e. The molecule has 0 fully saturated rings. The van der Waals surface area contributed by atoms with Crippen LogP contribution in [0, 0.1) is 0 Å². The topological polar surface area (TPSA) is 97.9 Å². The minimum Gasteiger partial charge on any atom is -0.384 e. The molecule has 1 aromatic heterocycles. The lowest BCUT2D eigenvalue weighted by molar-refractivity contribution is 0.601. The fraction of sp³-hybridized carbons (Fsp3) is 0.182. The molecule has 1 aromatic carbocycles. The van der Waals surface area contributed by atoms with E-state index in [0.29, 0.717) is 5.56 Å². The van der Waals surface area contributed by atoms with Gasteiger partial charge in [-0.1, -0.05) is 17.7 Å². The van der Waals surface area contributed by atoms with Crippen molar-refractivity contribution in [3.8, 4) is 0 Å². The van der Waals surface area contributed by atoms with Crippen LogP contribution in [0.5, 0.6) is 0 Å². The first kappa shape index (κ1) is 13.7. The number of nitrogens with zero attached hydrogens (tertiary/aromatic N) is 1. The maximum Gasteiger partial charge on any atom is 0.268 e. The summed E-state index contributed by atoms with van der Waals surface area (Å²) in [7, 11) is -3.41. The smallest absolute Gasteiger partial charge is 0.268 e. The molecule has 0 radical (unpaired) electrons. The van der Waals surface area contributed by atoms with Crippen LogP contribution in [-0.2, 0) is 16.4 Å². The lowest BCUT2D eigenvalue weighted by Gasteiger charge is -2.06.